The zero-order chi connectivity index (χ0) is 13.7. The molecule has 19 heavy (non-hydrogen) atoms. The second-order valence-corrected chi connectivity index (χ2v) is 5.31. The van der Waals surface area contributed by atoms with Gasteiger partial charge in [-0.15, -0.1) is 0 Å². The Morgan fingerprint density at radius 2 is 1.84 bits per heavy atom. The minimum Gasteiger partial charge on any atom is -0.368 e. The Morgan fingerprint density at radius 3 is 2.42 bits per heavy atom. The monoisotopic (exact) mass is 268 g/mol. The SMILES string of the molecule is CCCCC(=O)N1CCN(C(=O)[C@@H]2CCCO2)CC1. The number of nitrogens with zero attached hydrogens (tertiary/aromatic N) is 2. The van der Waals surface area contributed by atoms with Crippen LogP contribution in [0.1, 0.15) is 39.0 Å². The largest absolute Gasteiger partial charge is 0.368 e. The highest BCUT2D eigenvalue weighted by atomic mass is 16.5. The lowest BCUT2D eigenvalue weighted by atomic mass is 10.2. The van der Waals surface area contributed by atoms with E-state index in [1.54, 1.807) is 0 Å². The van der Waals surface area contributed by atoms with E-state index < -0.39 is 0 Å². The molecule has 2 amide bonds. The Labute approximate surface area is 114 Å². The van der Waals surface area contributed by atoms with Crippen molar-refractivity contribution in [3.63, 3.8) is 0 Å². The van der Waals surface area contributed by atoms with Crippen LogP contribution in [-0.4, -0.2) is 60.5 Å². The lowest BCUT2D eigenvalue weighted by Gasteiger charge is -2.35. The van der Waals surface area contributed by atoms with Gasteiger partial charge in [0.05, 0.1) is 0 Å². The van der Waals surface area contributed by atoms with Crippen LogP contribution < -0.4 is 0 Å². The van der Waals surface area contributed by atoms with Gasteiger partial charge < -0.3 is 14.5 Å². The van der Waals surface area contributed by atoms with E-state index in [1.165, 1.54) is 0 Å². The highest BCUT2D eigenvalue weighted by molar-refractivity contribution is 5.82. The standard InChI is InChI=1S/C14H24N2O3/c1-2-3-6-13(17)15-7-9-16(10-8-15)14(18)12-5-4-11-19-12/h12H,2-11H2,1H3/t12-/m0/s1. The van der Waals surface area contributed by atoms with Crippen molar-refractivity contribution in [3.8, 4) is 0 Å². The van der Waals surface area contributed by atoms with Gasteiger partial charge in [0, 0.05) is 39.2 Å². The van der Waals surface area contributed by atoms with Crippen LogP contribution in [0.5, 0.6) is 0 Å². The van der Waals surface area contributed by atoms with Crippen molar-refractivity contribution in [1.29, 1.82) is 0 Å². The molecule has 2 saturated heterocycles. The molecule has 0 saturated carbocycles. The smallest absolute Gasteiger partial charge is 0.251 e. The summed E-state index contributed by atoms with van der Waals surface area (Å²) in [5.41, 5.74) is 0. The average Bonchev–Trinajstić information content (AvgIpc) is 2.98. The first-order valence-corrected chi connectivity index (χ1v) is 7.40. The maximum absolute atomic E-state index is 12.1. The maximum Gasteiger partial charge on any atom is 0.251 e. The fourth-order valence-corrected chi connectivity index (χ4v) is 2.64. The predicted molar refractivity (Wildman–Crippen MR) is 71.7 cm³/mol. The topological polar surface area (TPSA) is 49.9 Å². The fraction of sp³-hybridized carbons (Fsp3) is 0.857. The van der Waals surface area contributed by atoms with Crippen LogP contribution in [-0.2, 0) is 14.3 Å². The van der Waals surface area contributed by atoms with Crippen molar-refractivity contribution in [1.82, 2.24) is 9.80 Å². The van der Waals surface area contributed by atoms with Crippen LogP contribution in [0.3, 0.4) is 0 Å². The van der Waals surface area contributed by atoms with Gasteiger partial charge in [-0.2, -0.15) is 0 Å². The summed E-state index contributed by atoms with van der Waals surface area (Å²) in [4.78, 5) is 27.8. The molecule has 0 aromatic heterocycles. The fourth-order valence-electron chi connectivity index (χ4n) is 2.64. The van der Waals surface area contributed by atoms with Crippen molar-refractivity contribution in [2.45, 2.75) is 45.1 Å². The van der Waals surface area contributed by atoms with Gasteiger partial charge in [-0.3, -0.25) is 9.59 Å². The van der Waals surface area contributed by atoms with Gasteiger partial charge in [-0.25, -0.2) is 0 Å². The molecule has 1 atom stereocenters. The summed E-state index contributed by atoms with van der Waals surface area (Å²) in [6.45, 7) is 5.42. The number of rotatable bonds is 4. The molecule has 0 unspecified atom stereocenters. The van der Waals surface area contributed by atoms with E-state index in [9.17, 15) is 9.59 Å². The first-order valence-electron chi connectivity index (χ1n) is 7.40. The summed E-state index contributed by atoms with van der Waals surface area (Å²) >= 11 is 0. The summed E-state index contributed by atoms with van der Waals surface area (Å²) in [6, 6.07) is 0. The Hall–Kier alpha value is -1.10. The molecule has 108 valence electrons. The molecule has 0 bridgehead atoms. The Kier molecular flexibility index (Phi) is 5.19. The lowest BCUT2D eigenvalue weighted by molar-refractivity contribution is -0.146. The summed E-state index contributed by atoms with van der Waals surface area (Å²) in [5, 5.41) is 0. The third-order valence-corrected chi connectivity index (χ3v) is 3.89. The number of carbonyl (C=O) groups is 2. The molecule has 2 fully saturated rings. The summed E-state index contributed by atoms with van der Waals surface area (Å²) in [5.74, 6) is 0.337. The van der Waals surface area contributed by atoms with E-state index in [0.717, 1.165) is 25.7 Å². The van der Waals surface area contributed by atoms with Crippen LogP contribution >= 0.6 is 0 Å². The number of piperazine rings is 1. The van der Waals surface area contributed by atoms with Crippen molar-refractivity contribution in [3.05, 3.63) is 0 Å². The predicted octanol–water partition coefficient (Wildman–Crippen LogP) is 1.03. The van der Waals surface area contributed by atoms with Gasteiger partial charge in [0.1, 0.15) is 6.10 Å². The number of unbranched alkanes of at least 4 members (excludes halogenated alkanes) is 1. The van der Waals surface area contributed by atoms with Crippen molar-refractivity contribution in [2.24, 2.45) is 0 Å². The molecule has 0 radical (unpaired) electrons. The first kappa shape index (κ1) is 14.3. The van der Waals surface area contributed by atoms with E-state index in [4.69, 9.17) is 4.74 Å². The summed E-state index contributed by atoms with van der Waals surface area (Å²) in [7, 11) is 0. The number of hydrogen-bond donors (Lipinski definition) is 0. The van der Waals surface area contributed by atoms with E-state index >= 15 is 0 Å². The number of ether oxygens (including phenoxy) is 1. The molecule has 2 rings (SSSR count). The second-order valence-electron chi connectivity index (χ2n) is 5.31. The molecule has 0 spiro atoms. The van der Waals surface area contributed by atoms with Gasteiger partial charge in [0.25, 0.3) is 5.91 Å². The van der Waals surface area contributed by atoms with Crippen molar-refractivity contribution < 1.29 is 14.3 Å². The van der Waals surface area contributed by atoms with Gasteiger partial charge in [0.15, 0.2) is 0 Å². The average molecular weight is 268 g/mol. The van der Waals surface area contributed by atoms with Crippen molar-refractivity contribution >= 4 is 11.8 Å². The van der Waals surface area contributed by atoms with E-state index in [2.05, 4.69) is 6.92 Å². The number of amides is 2. The number of carbonyl (C=O) groups excluding carboxylic acids is 2. The minimum atomic E-state index is -0.234. The van der Waals surface area contributed by atoms with Gasteiger partial charge in [-0.05, 0) is 19.3 Å². The Morgan fingerprint density at radius 1 is 1.16 bits per heavy atom. The van der Waals surface area contributed by atoms with Gasteiger partial charge in [0.2, 0.25) is 5.91 Å². The molecule has 0 aromatic rings. The van der Waals surface area contributed by atoms with E-state index in [1.807, 2.05) is 9.80 Å². The Bertz CT molecular complexity index is 319. The Balaban J connectivity index is 1.75. The second kappa shape index (κ2) is 6.89. The molecule has 5 heteroatoms. The molecule has 2 heterocycles. The van der Waals surface area contributed by atoms with Crippen molar-refractivity contribution in [2.75, 3.05) is 32.8 Å². The number of hydrogen-bond acceptors (Lipinski definition) is 3. The summed E-state index contributed by atoms with van der Waals surface area (Å²) in [6.07, 6.45) is 4.22. The normalized spacial score (nSPS) is 23.7. The molecule has 0 aromatic carbocycles. The molecule has 0 N–H and O–H groups in total. The molecule has 5 nitrogen and oxygen atoms in total. The van der Waals surface area contributed by atoms with Gasteiger partial charge in [-0.1, -0.05) is 13.3 Å². The van der Waals surface area contributed by atoms with Crippen LogP contribution in [0, 0.1) is 0 Å². The van der Waals surface area contributed by atoms with Crippen LogP contribution in [0.4, 0.5) is 0 Å². The molecule has 0 aliphatic carbocycles. The molecule has 2 aliphatic rings. The maximum atomic E-state index is 12.1. The molecular weight excluding hydrogens is 244 g/mol. The summed E-state index contributed by atoms with van der Waals surface area (Å²) < 4.78 is 5.42. The minimum absolute atomic E-state index is 0.109. The van der Waals surface area contributed by atoms with E-state index in [0.29, 0.717) is 39.2 Å². The van der Waals surface area contributed by atoms with E-state index in [-0.39, 0.29) is 17.9 Å². The van der Waals surface area contributed by atoms with Crippen LogP contribution in [0.25, 0.3) is 0 Å². The zero-order valence-corrected chi connectivity index (χ0v) is 11.8. The first-order chi connectivity index (χ1) is 9.22. The van der Waals surface area contributed by atoms with Gasteiger partial charge >= 0.3 is 0 Å². The highest BCUT2D eigenvalue weighted by Gasteiger charge is 2.31. The molecular formula is C14H24N2O3. The third-order valence-electron chi connectivity index (χ3n) is 3.89. The third kappa shape index (κ3) is 3.69. The lowest BCUT2D eigenvalue weighted by Crippen LogP contribution is -2.52. The van der Waals surface area contributed by atoms with Crippen LogP contribution in [0.2, 0.25) is 0 Å². The highest BCUT2D eigenvalue weighted by Crippen LogP contribution is 2.16. The quantitative estimate of drug-likeness (QED) is 0.765. The zero-order valence-electron chi connectivity index (χ0n) is 11.8. The van der Waals surface area contributed by atoms with Crippen LogP contribution in [0.15, 0.2) is 0 Å². The molecule has 2 aliphatic heterocycles.